The van der Waals surface area contributed by atoms with Crippen LogP contribution in [0, 0.1) is 0 Å². The van der Waals surface area contributed by atoms with E-state index in [2.05, 4.69) is 33.2 Å². The van der Waals surface area contributed by atoms with Crippen LogP contribution in [0.1, 0.15) is 32.8 Å². The van der Waals surface area contributed by atoms with E-state index < -0.39 is 0 Å². The number of hydrogen-bond acceptors (Lipinski definition) is 6. The number of carbonyl (C=O) groups excluding carboxylic acids is 1. The maximum atomic E-state index is 12.5. The fourth-order valence-electron chi connectivity index (χ4n) is 2.74. The summed E-state index contributed by atoms with van der Waals surface area (Å²) in [4.78, 5) is 17.5. The van der Waals surface area contributed by atoms with Crippen LogP contribution in [0.15, 0.2) is 50.8 Å². The number of nitrogens with one attached hydrogen (secondary N) is 1. The lowest BCUT2D eigenvalue weighted by molar-refractivity contribution is -0.115. The van der Waals surface area contributed by atoms with E-state index in [4.69, 9.17) is 14.2 Å². The summed E-state index contributed by atoms with van der Waals surface area (Å²) in [6.07, 6.45) is 2.76. The van der Waals surface area contributed by atoms with Gasteiger partial charge in [0.2, 0.25) is 0 Å². The van der Waals surface area contributed by atoms with Crippen molar-refractivity contribution in [1.29, 1.82) is 0 Å². The van der Waals surface area contributed by atoms with E-state index in [0.29, 0.717) is 28.2 Å². The Morgan fingerprint density at radius 2 is 1.97 bits per heavy atom. The van der Waals surface area contributed by atoms with Gasteiger partial charge in [-0.15, -0.1) is 0 Å². The lowest BCUT2D eigenvalue weighted by Crippen LogP contribution is -2.19. The molecule has 0 saturated carbocycles. The highest BCUT2D eigenvalue weighted by atomic mass is 79.9. The molecule has 1 aliphatic rings. The first kappa shape index (κ1) is 23.2. The van der Waals surface area contributed by atoms with Gasteiger partial charge in [-0.3, -0.25) is 4.79 Å². The van der Waals surface area contributed by atoms with Crippen molar-refractivity contribution >= 4 is 50.5 Å². The van der Waals surface area contributed by atoms with Gasteiger partial charge in [-0.25, -0.2) is 4.99 Å². The summed E-state index contributed by atoms with van der Waals surface area (Å²) in [5.41, 5.74) is 1.56. The number of nitrogens with zero attached hydrogens (tertiary/aromatic N) is 1. The van der Waals surface area contributed by atoms with Crippen molar-refractivity contribution in [1.82, 2.24) is 5.32 Å². The lowest BCUT2D eigenvalue weighted by atomic mass is 10.1. The van der Waals surface area contributed by atoms with E-state index in [1.54, 1.807) is 7.11 Å². The molecule has 0 radical (unpaired) electrons. The average molecular weight is 505 g/mol. The molecule has 0 spiro atoms. The number of rotatable bonds is 8. The van der Waals surface area contributed by atoms with Gasteiger partial charge in [-0.2, -0.15) is 0 Å². The smallest absolute Gasteiger partial charge is 0.264 e. The van der Waals surface area contributed by atoms with Crippen LogP contribution >= 0.6 is 27.7 Å². The van der Waals surface area contributed by atoms with Crippen LogP contribution in [0.5, 0.6) is 17.2 Å². The molecule has 0 aliphatic carbocycles. The zero-order chi connectivity index (χ0) is 22.4. The molecule has 2 aromatic rings. The number of carbonyl (C=O) groups is 1. The molecule has 1 saturated heterocycles. The minimum absolute atomic E-state index is 0.0626. The Bertz CT molecular complexity index is 1010. The van der Waals surface area contributed by atoms with Crippen molar-refractivity contribution in [3.63, 3.8) is 0 Å². The molecule has 6 nitrogen and oxygen atoms in total. The third kappa shape index (κ3) is 6.04. The van der Waals surface area contributed by atoms with Crippen molar-refractivity contribution in [2.24, 2.45) is 4.99 Å². The van der Waals surface area contributed by atoms with Gasteiger partial charge in [-0.05, 0) is 96.0 Å². The van der Waals surface area contributed by atoms with Crippen LogP contribution in [-0.2, 0) is 4.79 Å². The first-order valence-corrected chi connectivity index (χ1v) is 11.6. The molecular weight excluding hydrogens is 480 g/mol. The van der Waals surface area contributed by atoms with Crippen LogP contribution < -0.4 is 19.5 Å². The summed E-state index contributed by atoms with van der Waals surface area (Å²) >= 11 is 4.88. The number of amidine groups is 1. The number of methoxy groups -OCH3 is 1. The number of thioether (sulfide) groups is 1. The zero-order valence-corrected chi connectivity index (χ0v) is 20.3. The van der Waals surface area contributed by atoms with E-state index in [0.717, 1.165) is 27.9 Å². The largest absolute Gasteiger partial charge is 0.497 e. The molecule has 1 amide bonds. The second kappa shape index (κ2) is 10.7. The number of hydrogen-bond donors (Lipinski definition) is 1. The Hall–Kier alpha value is -2.45. The minimum Gasteiger partial charge on any atom is -0.497 e. The van der Waals surface area contributed by atoms with Crippen LogP contribution in [0.4, 0.5) is 5.69 Å². The molecule has 1 atom stereocenters. The van der Waals surface area contributed by atoms with Gasteiger partial charge in [0.25, 0.3) is 5.91 Å². The Morgan fingerprint density at radius 3 is 2.61 bits per heavy atom. The highest BCUT2D eigenvalue weighted by Gasteiger charge is 2.24. The summed E-state index contributed by atoms with van der Waals surface area (Å²) in [5.74, 6) is 1.87. The molecule has 31 heavy (non-hydrogen) atoms. The van der Waals surface area contributed by atoms with Gasteiger partial charge in [0.05, 0.1) is 34.9 Å². The number of ether oxygens (including phenoxy) is 3. The average Bonchev–Trinajstić information content (AvgIpc) is 3.09. The molecular formula is C23H25BrN2O4S. The maximum absolute atomic E-state index is 12.5. The molecule has 1 heterocycles. The number of benzene rings is 2. The topological polar surface area (TPSA) is 69.2 Å². The van der Waals surface area contributed by atoms with Crippen molar-refractivity contribution in [2.45, 2.75) is 33.3 Å². The summed E-state index contributed by atoms with van der Waals surface area (Å²) < 4.78 is 17.7. The molecule has 0 aromatic heterocycles. The van der Waals surface area contributed by atoms with E-state index in [1.165, 1.54) is 11.8 Å². The SMILES string of the molecule is CCOc1cc(/C=C2/SC(=Nc3ccc(OC)cc3)NC2=O)cc(Br)c1O[C@H](C)CC. The second-order valence-corrected chi connectivity index (χ2v) is 8.66. The molecule has 0 unspecified atom stereocenters. The van der Waals surface area contributed by atoms with Crippen molar-refractivity contribution in [3.8, 4) is 17.2 Å². The molecule has 164 valence electrons. The Labute approximate surface area is 195 Å². The normalized spacial score (nSPS) is 17.0. The summed E-state index contributed by atoms with van der Waals surface area (Å²) in [5, 5.41) is 3.34. The molecule has 0 bridgehead atoms. The Balaban J connectivity index is 1.84. The van der Waals surface area contributed by atoms with Gasteiger partial charge >= 0.3 is 0 Å². The Morgan fingerprint density at radius 1 is 1.23 bits per heavy atom. The van der Waals surface area contributed by atoms with Gasteiger partial charge in [0, 0.05) is 0 Å². The third-order valence-corrected chi connectivity index (χ3v) is 5.98. The highest BCUT2D eigenvalue weighted by Crippen LogP contribution is 2.39. The summed E-state index contributed by atoms with van der Waals surface area (Å²) in [6, 6.07) is 11.1. The Kier molecular flexibility index (Phi) is 8.03. The maximum Gasteiger partial charge on any atom is 0.264 e. The summed E-state index contributed by atoms with van der Waals surface area (Å²) in [7, 11) is 1.61. The predicted octanol–water partition coefficient (Wildman–Crippen LogP) is 5.93. The lowest BCUT2D eigenvalue weighted by Gasteiger charge is -2.18. The first-order chi connectivity index (χ1) is 14.9. The van der Waals surface area contributed by atoms with Gasteiger partial charge < -0.3 is 19.5 Å². The minimum atomic E-state index is -0.189. The number of aliphatic imine (C=N–C) groups is 1. The quantitative estimate of drug-likeness (QED) is 0.451. The van der Waals surface area contributed by atoms with Crippen molar-refractivity contribution in [2.75, 3.05) is 13.7 Å². The van der Waals surface area contributed by atoms with E-state index >= 15 is 0 Å². The van der Waals surface area contributed by atoms with Crippen LogP contribution in [0.3, 0.4) is 0 Å². The molecule has 8 heteroatoms. The molecule has 1 fully saturated rings. The zero-order valence-electron chi connectivity index (χ0n) is 17.9. The van der Waals surface area contributed by atoms with Gasteiger partial charge in [-0.1, -0.05) is 6.92 Å². The number of halogens is 1. The fourth-order valence-corrected chi connectivity index (χ4v) is 4.13. The van der Waals surface area contributed by atoms with Crippen LogP contribution in [0.25, 0.3) is 6.08 Å². The van der Waals surface area contributed by atoms with E-state index in [1.807, 2.05) is 56.3 Å². The molecule has 3 rings (SSSR count). The monoisotopic (exact) mass is 504 g/mol. The second-order valence-electron chi connectivity index (χ2n) is 6.78. The third-order valence-electron chi connectivity index (χ3n) is 4.48. The number of amides is 1. The van der Waals surface area contributed by atoms with Crippen molar-refractivity contribution < 1.29 is 19.0 Å². The predicted molar refractivity (Wildman–Crippen MR) is 129 cm³/mol. The van der Waals surface area contributed by atoms with Gasteiger partial charge in [0.15, 0.2) is 16.7 Å². The fraction of sp³-hybridized carbons (Fsp3) is 0.304. The van der Waals surface area contributed by atoms with E-state index in [-0.39, 0.29) is 12.0 Å². The molecule has 1 N–H and O–H groups in total. The van der Waals surface area contributed by atoms with Gasteiger partial charge in [0.1, 0.15) is 5.75 Å². The standard InChI is InChI=1S/C23H25BrN2O4S/c1-5-14(3)30-21-18(24)11-15(12-19(21)29-6-2)13-20-22(27)26-23(31-20)25-16-7-9-17(28-4)10-8-16/h7-14H,5-6H2,1-4H3,(H,25,26,27)/b20-13+/t14-/m1/s1. The molecule has 2 aromatic carbocycles. The molecule has 1 aliphatic heterocycles. The first-order valence-electron chi connectivity index (χ1n) is 10.00. The summed E-state index contributed by atoms with van der Waals surface area (Å²) in [6.45, 7) is 6.52. The van der Waals surface area contributed by atoms with Crippen LogP contribution in [-0.4, -0.2) is 30.9 Å². The highest BCUT2D eigenvalue weighted by molar-refractivity contribution is 9.10. The van der Waals surface area contributed by atoms with E-state index in [9.17, 15) is 4.79 Å². The van der Waals surface area contributed by atoms with Crippen LogP contribution in [0.2, 0.25) is 0 Å². The van der Waals surface area contributed by atoms with Crippen molar-refractivity contribution in [3.05, 3.63) is 51.3 Å².